The number of aliphatic hydroxyl groups is 1. The summed E-state index contributed by atoms with van der Waals surface area (Å²) in [4.78, 5) is 0. The lowest BCUT2D eigenvalue weighted by Crippen LogP contribution is -2.15. The number of benzene rings is 1. The highest BCUT2D eigenvalue weighted by atomic mass is 79.9. The number of hydrogen-bond acceptors (Lipinski definition) is 1. The van der Waals surface area contributed by atoms with Crippen molar-refractivity contribution in [3.05, 3.63) is 33.8 Å². The van der Waals surface area contributed by atoms with Crippen LogP contribution in [0.5, 0.6) is 0 Å². The Bertz CT molecular complexity index is 322. The Hall–Kier alpha value is -0.340. The Kier molecular flexibility index (Phi) is 3.24. The minimum atomic E-state index is 0.330. The van der Waals surface area contributed by atoms with Crippen molar-refractivity contribution in [1.82, 2.24) is 0 Å². The van der Waals surface area contributed by atoms with E-state index in [1.807, 2.05) is 0 Å². The van der Waals surface area contributed by atoms with Gasteiger partial charge in [-0.05, 0) is 54.9 Å². The molecule has 1 N–H and O–H groups in total. The van der Waals surface area contributed by atoms with Crippen LogP contribution in [0.25, 0.3) is 0 Å². The summed E-state index contributed by atoms with van der Waals surface area (Å²) >= 11 is 3.50. The van der Waals surface area contributed by atoms with Crippen LogP contribution in [0, 0.1) is 5.92 Å². The van der Waals surface area contributed by atoms with Crippen molar-refractivity contribution in [3.63, 3.8) is 0 Å². The second-order valence-electron chi connectivity index (χ2n) is 4.03. The summed E-state index contributed by atoms with van der Waals surface area (Å²) in [7, 11) is 0. The van der Waals surface area contributed by atoms with Gasteiger partial charge >= 0.3 is 0 Å². The van der Waals surface area contributed by atoms with Gasteiger partial charge in [0.15, 0.2) is 0 Å². The van der Waals surface area contributed by atoms with Crippen molar-refractivity contribution < 1.29 is 5.11 Å². The Morgan fingerprint density at radius 1 is 1.36 bits per heavy atom. The Morgan fingerprint density at radius 2 is 2.21 bits per heavy atom. The number of fused-ring (bicyclic) bond motifs is 1. The zero-order chi connectivity index (χ0) is 9.97. The van der Waals surface area contributed by atoms with Gasteiger partial charge in [-0.25, -0.2) is 0 Å². The van der Waals surface area contributed by atoms with Gasteiger partial charge in [-0.2, -0.15) is 0 Å². The molecule has 0 radical (unpaired) electrons. The second-order valence-corrected chi connectivity index (χ2v) is 4.95. The van der Waals surface area contributed by atoms with Gasteiger partial charge < -0.3 is 5.11 Å². The van der Waals surface area contributed by atoms with Crippen LogP contribution in [-0.2, 0) is 12.8 Å². The van der Waals surface area contributed by atoms with Crippen molar-refractivity contribution in [3.8, 4) is 0 Å². The molecule has 1 aliphatic carbocycles. The molecule has 0 aromatic heterocycles. The largest absolute Gasteiger partial charge is 0.396 e. The monoisotopic (exact) mass is 254 g/mol. The van der Waals surface area contributed by atoms with E-state index < -0.39 is 0 Å². The fraction of sp³-hybridized carbons (Fsp3) is 0.500. The molecular formula is C12H15BrO. The average Bonchev–Trinajstić information content (AvgIpc) is 2.19. The molecule has 1 aromatic carbocycles. The van der Waals surface area contributed by atoms with E-state index in [1.54, 1.807) is 0 Å². The predicted molar refractivity (Wildman–Crippen MR) is 61.4 cm³/mol. The summed E-state index contributed by atoms with van der Waals surface area (Å²) in [5.74, 6) is 0.689. The van der Waals surface area contributed by atoms with E-state index in [-0.39, 0.29) is 0 Å². The molecule has 0 bridgehead atoms. The summed E-state index contributed by atoms with van der Waals surface area (Å²) in [5, 5.41) is 8.90. The molecule has 1 atom stereocenters. The molecule has 0 saturated heterocycles. The zero-order valence-electron chi connectivity index (χ0n) is 8.17. The number of aryl methyl sites for hydroxylation is 1. The van der Waals surface area contributed by atoms with Crippen LogP contribution in [0.1, 0.15) is 24.0 Å². The van der Waals surface area contributed by atoms with Crippen LogP contribution in [0.2, 0.25) is 0 Å². The van der Waals surface area contributed by atoms with Crippen LogP contribution < -0.4 is 0 Å². The van der Waals surface area contributed by atoms with Crippen molar-refractivity contribution >= 4 is 15.9 Å². The standard InChI is InChI=1S/C12H15BrO/c13-12-4-3-10-7-9(5-6-14)1-2-11(10)8-12/h3-4,8-9,14H,1-2,5-7H2. The van der Waals surface area contributed by atoms with Gasteiger partial charge in [0, 0.05) is 11.1 Å². The summed E-state index contributed by atoms with van der Waals surface area (Å²) in [6, 6.07) is 6.55. The van der Waals surface area contributed by atoms with Gasteiger partial charge in [-0.1, -0.05) is 22.0 Å². The zero-order valence-corrected chi connectivity index (χ0v) is 9.76. The lowest BCUT2D eigenvalue weighted by molar-refractivity contribution is 0.248. The first-order chi connectivity index (χ1) is 6.79. The fourth-order valence-electron chi connectivity index (χ4n) is 2.23. The third kappa shape index (κ3) is 2.18. The topological polar surface area (TPSA) is 20.2 Å². The molecule has 0 amide bonds. The molecule has 1 nitrogen and oxygen atoms in total. The maximum atomic E-state index is 8.90. The van der Waals surface area contributed by atoms with E-state index in [2.05, 4.69) is 34.1 Å². The first-order valence-electron chi connectivity index (χ1n) is 5.18. The number of halogens is 1. The third-order valence-corrected chi connectivity index (χ3v) is 3.53. The predicted octanol–water partition coefficient (Wildman–Crippen LogP) is 2.94. The van der Waals surface area contributed by atoms with Crippen LogP contribution in [0.4, 0.5) is 0 Å². The molecule has 0 spiro atoms. The van der Waals surface area contributed by atoms with E-state index in [0.717, 1.165) is 12.8 Å². The first kappa shape index (κ1) is 10.2. The van der Waals surface area contributed by atoms with Gasteiger partial charge in [0.2, 0.25) is 0 Å². The lowest BCUT2D eigenvalue weighted by Gasteiger charge is -2.24. The van der Waals surface area contributed by atoms with Crippen LogP contribution in [-0.4, -0.2) is 11.7 Å². The van der Waals surface area contributed by atoms with E-state index in [0.29, 0.717) is 12.5 Å². The van der Waals surface area contributed by atoms with Crippen molar-refractivity contribution in [2.75, 3.05) is 6.61 Å². The SMILES string of the molecule is OCCC1CCc2cc(Br)ccc2C1. The smallest absolute Gasteiger partial charge is 0.0433 e. The molecule has 0 aliphatic heterocycles. The molecule has 1 aliphatic rings. The van der Waals surface area contributed by atoms with Gasteiger partial charge in [0.1, 0.15) is 0 Å². The normalized spacial score (nSPS) is 20.6. The van der Waals surface area contributed by atoms with Gasteiger partial charge in [-0.3, -0.25) is 0 Å². The molecule has 0 heterocycles. The highest BCUT2D eigenvalue weighted by Gasteiger charge is 2.17. The quantitative estimate of drug-likeness (QED) is 0.861. The summed E-state index contributed by atoms with van der Waals surface area (Å²) in [5.41, 5.74) is 2.95. The van der Waals surface area contributed by atoms with Crippen molar-refractivity contribution in [1.29, 1.82) is 0 Å². The van der Waals surface area contributed by atoms with E-state index >= 15 is 0 Å². The molecule has 76 valence electrons. The molecule has 0 saturated carbocycles. The van der Waals surface area contributed by atoms with E-state index in [9.17, 15) is 0 Å². The molecule has 0 fully saturated rings. The Morgan fingerprint density at radius 3 is 3.00 bits per heavy atom. The molecule has 2 rings (SSSR count). The number of rotatable bonds is 2. The molecular weight excluding hydrogens is 240 g/mol. The first-order valence-corrected chi connectivity index (χ1v) is 5.97. The minimum Gasteiger partial charge on any atom is -0.396 e. The second kappa shape index (κ2) is 4.45. The summed E-state index contributed by atoms with van der Waals surface area (Å²) in [6.07, 6.45) is 4.49. The van der Waals surface area contributed by atoms with Crippen LogP contribution >= 0.6 is 15.9 Å². The van der Waals surface area contributed by atoms with Crippen molar-refractivity contribution in [2.45, 2.75) is 25.7 Å². The lowest BCUT2D eigenvalue weighted by atomic mass is 9.82. The summed E-state index contributed by atoms with van der Waals surface area (Å²) in [6.45, 7) is 0.330. The molecule has 1 aromatic rings. The highest BCUT2D eigenvalue weighted by Crippen LogP contribution is 2.29. The maximum absolute atomic E-state index is 8.90. The van der Waals surface area contributed by atoms with Crippen molar-refractivity contribution in [2.24, 2.45) is 5.92 Å². The van der Waals surface area contributed by atoms with Gasteiger partial charge in [-0.15, -0.1) is 0 Å². The Balaban J connectivity index is 2.15. The van der Waals surface area contributed by atoms with Gasteiger partial charge in [0.25, 0.3) is 0 Å². The molecule has 14 heavy (non-hydrogen) atoms. The number of aliphatic hydroxyl groups excluding tert-OH is 1. The number of hydrogen-bond donors (Lipinski definition) is 1. The van der Waals surface area contributed by atoms with Crippen LogP contribution in [0.15, 0.2) is 22.7 Å². The summed E-state index contributed by atoms with van der Waals surface area (Å²) < 4.78 is 1.18. The fourth-order valence-corrected chi connectivity index (χ4v) is 2.64. The average molecular weight is 255 g/mol. The maximum Gasteiger partial charge on any atom is 0.0433 e. The third-order valence-electron chi connectivity index (χ3n) is 3.04. The van der Waals surface area contributed by atoms with Crippen LogP contribution in [0.3, 0.4) is 0 Å². The minimum absolute atomic E-state index is 0.330. The van der Waals surface area contributed by atoms with Gasteiger partial charge in [0.05, 0.1) is 0 Å². The van der Waals surface area contributed by atoms with E-state index in [1.165, 1.54) is 28.4 Å². The Labute approximate surface area is 93.3 Å². The molecule has 1 unspecified atom stereocenters. The molecule has 2 heteroatoms. The van der Waals surface area contributed by atoms with E-state index in [4.69, 9.17) is 5.11 Å². The highest BCUT2D eigenvalue weighted by molar-refractivity contribution is 9.10.